The lowest BCUT2D eigenvalue weighted by molar-refractivity contribution is -0.116. The van der Waals surface area contributed by atoms with Gasteiger partial charge >= 0.3 is 0 Å². The van der Waals surface area contributed by atoms with E-state index >= 15 is 0 Å². The summed E-state index contributed by atoms with van der Waals surface area (Å²) in [4.78, 5) is 21.4. The number of carbonyl (C=O) groups is 1. The van der Waals surface area contributed by atoms with Crippen LogP contribution < -0.4 is 5.32 Å². The fourth-order valence-corrected chi connectivity index (χ4v) is 3.88. The second-order valence-electron chi connectivity index (χ2n) is 7.80. The van der Waals surface area contributed by atoms with Gasteiger partial charge in [-0.2, -0.15) is 0 Å². The number of oxazole rings is 1. The van der Waals surface area contributed by atoms with Gasteiger partial charge in [0.15, 0.2) is 11.7 Å². The highest BCUT2D eigenvalue weighted by Crippen LogP contribution is 2.24. The van der Waals surface area contributed by atoms with Crippen molar-refractivity contribution >= 4 is 11.6 Å². The van der Waals surface area contributed by atoms with E-state index in [1.165, 1.54) is 18.7 Å². The third kappa shape index (κ3) is 4.43. The maximum absolute atomic E-state index is 12.4. The highest BCUT2D eigenvalue weighted by Gasteiger charge is 2.13. The fourth-order valence-electron chi connectivity index (χ4n) is 3.88. The number of hydrogen-bond acceptors (Lipinski definition) is 4. The van der Waals surface area contributed by atoms with Crippen molar-refractivity contribution in [2.45, 2.75) is 38.6 Å². The van der Waals surface area contributed by atoms with Crippen LogP contribution in [0.15, 0.2) is 71.4 Å². The lowest BCUT2D eigenvalue weighted by atomic mass is 10.1. The Labute approximate surface area is 181 Å². The van der Waals surface area contributed by atoms with Crippen molar-refractivity contribution in [1.29, 1.82) is 0 Å². The summed E-state index contributed by atoms with van der Waals surface area (Å²) in [5.41, 5.74) is 3.81. The van der Waals surface area contributed by atoms with Crippen LogP contribution in [0.3, 0.4) is 0 Å². The summed E-state index contributed by atoms with van der Waals surface area (Å²) < 4.78 is 8.02. The molecule has 6 nitrogen and oxygen atoms in total. The molecule has 0 radical (unpaired) electrons. The number of nitrogens with one attached hydrogen (secondary N) is 1. The average molecular weight is 412 g/mol. The Kier molecular flexibility index (Phi) is 5.35. The van der Waals surface area contributed by atoms with Crippen LogP contribution in [-0.4, -0.2) is 20.4 Å². The first kappa shape index (κ1) is 19.3. The molecule has 0 atom stereocenters. The summed E-state index contributed by atoms with van der Waals surface area (Å²) in [7, 11) is 0. The lowest BCUT2D eigenvalue weighted by Gasteiger charge is -2.11. The van der Waals surface area contributed by atoms with Crippen LogP contribution in [0, 0.1) is 0 Å². The molecule has 0 saturated carbocycles. The van der Waals surface area contributed by atoms with Crippen molar-refractivity contribution in [3.05, 3.63) is 78.7 Å². The van der Waals surface area contributed by atoms with Gasteiger partial charge in [-0.3, -0.25) is 4.79 Å². The molecule has 0 aliphatic carbocycles. The molecule has 6 heteroatoms. The van der Waals surface area contributed by atoms with Crippen LogP contribution in [0.4, 0.5) is 5.69 Å². The molecule has 3 heterocycles. The average Bonchev–Trinajstić information content (AvgIpc) is 3.46. The second-order valence-corrected chi connectivity index (χ2v) is 7.80. The van der Waals surface area contributed by atoms with Crippen molar-refractivity contribution in [2.75, 3.05) is 5.32 Å². The van der Waals surface area contributed by atoms with Crippen LogP contribution in [0.25, 0.3) is 22.6 Å². The maximum Gasteiger partial charge on any atom is 0.224 e. The largest absolute Gasteiger partial charge is 0.441 e. The second kappa shape index (κ2) is 8.60. The van der Waals surface area contributed by atoms with E-state index in [1.807, 2.05) is 54.6 Å². The summed E-state index contributed by atoms with van der Waals surface area (Å²) in [6.45, 7) is 1.05. The molecule has 5 rings (SSSR count). The first-order valence-corrected chi connectivity index (χ1v) is 10.7. The number of anilines is 1. The Bertz CT molecular complexity index is 1150. The number of carbonyl (C=O) groups excluding carboxylic acids is 1. The molecule has 0 fully saturated rings. The van der Waals surface area contributed by atoms with Crippen LogP contribution in [0.5, 0.6) is 0 Å². The minimum absolute atomic E-state index is 0.0651. The molecule has 4 aromatic rings. The topological polar surface area (TPSA) is 73.0 Å². The normalized spacial score (nSPS) is 13.0. The van der Waals surface area contributed by atoms with Gasteiger partial charge in [0, 0.05) is 48.8 Å². The quantitative estimate of drug-likeness (QED) is 0.477. The van der Waals surface area contributed by atoms with Crippen molar-refractivity contribution < 1.29 is 9.21 Å². The zero-order valence-electron chi connectivity index (χ0n) is 17.3. The van der Waals surface area contributed by atoms with Crippen molar-refractivity contribution in [2.24, 2.45) is 0 Å². The van der Waals surface area contributed by atoms with E-state index in [0.29, 0.717) is 24.5 Å². The Balaban J connectivity index is 1.16. The zero-order chi connectivity index (χ0) is 21.0. The van der Waals surface area contributed by atoms with Gasteiger partial charge in [-0.05, 0) is 25.0 Å². The third-order valence-corrected chi connectivity index (χ3v) is 5.55. The Morgan fingerprint density at radius 3 is 2.68 bits per heavy atom. The Morgan fingerprint density at radius 1 is 1.03 bits per heavy atom. The molecule has 1 N–H and O–H groups in total. The SMILES string of the molecule is O=C(CCc1ncc(-c2ccccc2)o1)Nc1ccc(-c2cn3c(n2)CCCC3)cc1. The molecule has 0 unspecified atom stereocenters. The molecule has 0 bridgehead atoms. The van der Waals surface area contributed by atoms with Crippen LogP contribution in [0.1, 0.15) is 31.0 Å². The number of amides is 1. The number of nitrogens with zero attached hydrogens (tertiary/aromatic N) is 3. The smallest absolute Gasteiger partial charge is 0.224 e. The number of hydrogen-bond donors (Lipinski definition) is 1. The van der Waals surface area contributed by atoms with E-state index < -0.39 is 0 Å². The number of fused-ring (bicyclic) bond motifs is 1. The summed E-state index contributed by atoms with van der Waals surface area (Å²) in [5, 5.41) is 2.94. The molecule has 1 aliphatic heterocycles. The van der Waals surface area contributed by atoms with Crippen LogP contribution in [-0.2, 0) is 24.2 Å². The highest BCUT2D eigenvalue weighted by molar-refractivity contribution is 5.91. The summed E-state index contributed by atoms with van der Waals surface area (Å²) in [6, 6.07) is 17.7. The number of aryl methyl sites for hydroxylation is 3. The molecular formula is C25H24N4O2. The first-order valence-electron chi connectivity index (χ1n) is 10.7. The first-order chi connectivity index (χ1) is 15.2. The minimum atomic E-state index is -0.0651. The summed E-state index contributed by atoms with van der Waals surface area (Å²) >= 11 is 0. The van der Waals surface area contributed by atoms with Gasteiger partial charge in [0.2, 0.25) is 5.91 Å². The number of rotatable bonds is 6. The molecule has 1 amide bonds. The van der Waals surface area contributed by atoms with Gasteiger partial charge in [-0.1, -0.05) is 42.5 Å². The van der Waals surface area contributed by atoms with Crippen molar-refractivity contribution in [3.8, 4) is 22.6 Å². The number of imidazole rings is 1. The van der Waals surface area contributed by atoms with E-state index in [1.54, 1.807) is 6.20 Å². The molecule has 2 aromatic heterocycles. The Hall–Kier alpha value is -3.67. The van der Waals surface area contributed by atoms with E-state index in [0.717, 1.165) is 35.5 Å². The van der Waals surface area contributed by atoms with Crippen molar-refractivity contribution in [1.82, 2.24) is 14.5 Å². The van der Waals surface area contributed by atoms with Gasteiger partial charge in [-0.25, -0.2) is 9.97 Å². The van der Waals surface area contributed by atoms with Crippen LogP contribution >= 0.6 is 0 Å². The van der Waals surface area contributed by atoms with E-state index in [2.05, 4.69) is 21.1 Å². The summed E-state index contributed by atoms with van der Waals surface area (Å²) in [6.07, 6.45) is 8.07. The molecule has 2 aromatic carbocycles. The Morgan fingerprint density at radius 2 is 1.87 bits per heavy atom. The minimum Gasteiger partial charge on any atom is -0.441 e. The van der Waals surface area contributed by atoms with E-state index in [-0.39, 0.29) is 5.91 Å². The van der Waals surface area contributed by atoms with E-state index in [4.69, 9.17) is 9.40 Å². The summed E-state index contributed by atoms with van der Waals surface area (Å²) in [5.74, 6) is 2.38. The van der Waals surface area contributed by atoms with Gasteiger partial charge < -0.3 is 14.3 Å². The molecule has 0 saturated heterocycles. The van der Waals surface area contributed by atoms with E-state index in [9.17, 15) is 4.79 Å². The monoisotopic (exact) mass is 412 g/mol. The van der Waals surface area contributed by atoms with Crippen LogP contribution in [0.2, 0.25) is 0 Å². The molecular weight excluding hydrogens is 388 g/mol. The van der Waals surface area contributed by atoms with Gasteiger partial charge in [0.25, 0.3) is 0 Å². The third-order valence-electron chi connectivity index (χ3n) is 5.55. The van der Waals surface area contributed by atoms with Gasteiger partial charge in [0.1, 0.15) is 5.82 Å². The van der Waals surface area contributed by atoms with Gasteiger partial charge in [0.05, 0.1) is 11.9 Å². The lowest BCUT2D eigenvalue weighted by Crippen LogP contribution is -2.12. The molecule has 0 spiro atoms. The molecule has 31 heavy (non-hydrogen) atoms. The predicted molar refractivity (Wildman–Crippen MR) is 119 cm³/mol. The number of aromatic nitrogens is 3. The van der Waals surface area contributed by atoms with Crippen molar-refractivity contribution in [3.63, 3.8) is 0 Å². The molecule has 1 aliphatic rings. The standard InChI is InChI=1S/C25H24N4O2/c30-24(13-14-25-26-16-22(31-25)19-6-2-1-3-7-19)27-20-11-9-18(10-12-20)21-17-29-15-5-4-8-23(29)28-21/h1-3,6-7,9-12,16-17H,4-5,8,13-15H2,(H,27,30). The highest BCUT2D eigenvalue weighted by atomic mass is 16.4. The number of benzene rings is 2. The predicted octanol–water partition coefficient (Wildman–Crippen LogP) is 5.11. The zero-order valence-corrected chi connectivity index (χ0v) is 17.3. The van der Waals surface area contributed by atoms with Gasteiger partial charge in [-0.15, -0.1) is 0 Å². The molecule has 156 valence electrons. The maximum atomic E-state index is 12.4. The fraction of sp³-hybridized carbons (Fsp3) is 0.240.